The van der Waals surface area contributed by atoms with Crippen LogP contribution in [0.3, 0.4) is 0 Å². The van der Waals surface area contributed by atoms with E-state index in [9.17, 15) is 14.4 Å². The van der Waals surface area contributed by atoms with Crippen LogP contribution in [0, 0.1) is 0 Å². The van der Waals surface area contributed by atoms with Gasteiger partial charge in [-0.3, -0.25) is 14.4 Å². The van der Waals surface area contributed by atoms with Crippen molar-refractivity contribution in [3.05, 3.63) is 64.2 Å². The summed E-state index contributed by atoms with van der Waals surface area (Å²) >= 11 is 6.20. The summed E-state index contributed by atoms with van der Waals surface area (Å²) in [5, 5.41) is 0.255. The summed E-state index contributed by atoms with van der Waals surface area (Å²) in [5.41, 5.74) is 7.45. The van der Waals surface area contributed by atoms with E-state index in [-0.39, 0.29) is 47.3 Å². The molecule has 2 aromatic rings. The van der Waals surface area contributed by atoms with E-state index in [4.69, 9.17) is 22.1 Å². The molecule has 5 nitrogen and oxygen atoms in total. The zero-order chi connectivity index (χ0) is 18.4. The SMILES string of the molecule is CCOC(=O)CC(=O)Cc1cc(N)c(C(=O)c2ccccc2)cc1Cl. The second-order valence-electron chi connectivity index (χ2n) is 5.42. The van der Waals surface area contributed by atoms with Crippen LogP contribution < -0.4 is 5.73 Å². The molecule has 0 aliphatic carbocycles. The van der Waals surface area contributed by atoms with Crippen molar-refractivity contribution >= 4 is 34.8 Å². The number of benzene rings is 2. The average molecular weight is 360 g/mol. The summed E-state index contributed by atoms with van der Waals surface area (Å²) in [6.07, 6.45) is -0.379. The third kappa shape index (κ3) is 4.90. The molecule has 0 unspecified atom stereocenters. The lowest BCUT2D eigenvalue weighted by Gasteiger charge is -2.10. The first-order chi connectivity index (χ1) is 11.9. The van der Waals surface area contributed by atoms with Gasteiger partial charge in [0.15, 0.2) is 5.78 Å². The Balaban J connectivity index is 2.18. The summed E-state index contributed by atoms with van der Waals surface area (Å²) < 4.78 is 4.74. The molecular formula is C19H18ClNO4. The molecule has 6 heteroatoms. The molecule has 2 aromatic carbocycles. The normalized spacial score (nSPS) is 10.3. The van der Waals surface area contributed by atoms with Crippen molar-refractivity contribution in [2.75, 3.05) is 12.3 Å². The third-order valence-corrected chi connectivity index (χ3v) is 3.89. The molecule has 0 amide bonds. The highest BCUT2D eigenvalue weighted by molar-refractivity contribution is 6.32. The number of ketones is 2. The Morgan fingerprint density at radius 1 is 1.12 bits per heavy atom. The summed E-state index contributed by atoms with van der Waals surface area (Å²) in [5.74, 6) is -1.15. The number of anilines is 1. The van der Waals surface area contributed by atoms with Crippen molar-refractivity contribution in [1.82, 2.24) is 0 Å². The molecule has 0 bridgehead atoms. The van der Waals surface area contributed by atoms with Gasteiger partial charge in [0.1, 0.15) is 12.2 Å². The second kappa shape index (κ2) is 8.44. The minimum Gasteiger partial charge on any atom is -0.466 e. The number of nitrogen functional groups attached to an aromatic ring is 1. The van der Waals surface area contributed by atoms with Gasteiger partial charge in [-0.1, -0.05) is 41.9 Å². The van der Waals surface area contributed by atoms with Gasteiger partial charge >= 0.3 is 5.97 Å². The van der Waals surface area contributed by atoms with Crippen LogP contribution in [0.1, 0.15) is 34.8 Å². The Kier molecular flexibility index (Phi) is 6.31. The van der Waals surface area contributed by atoms with Crippen LogP contribution in [0.25, 0.3) is 0 Å². The number of ether oxygens (including phenoxy) is 1. The highest BCUT2D eigenvalue weighted by Gasteiger charge is 2.18. The maximum Gasteiger partial charge on any atom is 0.313 e. The molecule has 2 N–H and O–H groups in total. The van der Waals surface area contributed by atoms with Crippen molar-refractivity contribution in [3.63, 3.8) is 0 Å². The van der Waals surface area contributed by atoms with E-state index in [0.29, 0.717) is 11.1 Å². The Morgan fingerprint density at radius 2 is 1.80 bits per heavy atom. The quantitative estimate of drug-likeness (QED) is 0.355. The van der Waals surface area contributed by atoms with Crippen LogP contribution in [0.5, 0.6) is 0 Å². The number of halogens is 1. The second-order valence-corrected chi connectivity index (χ2v) is 5.83. The molecule has 0 fully saturated rings. The predicted octanol–water partition coefficient (Wildman–Crippen LogP) is 3.22. The van der Waals surface area contributed by atoms with Crippen LogP contribution in [0.15, 0.2) is 42.5 Å². The fraction of sp³-hybridized carbons (Fsp3) is 0.211. The molecule has 0 saturated carbocycles. The molecular weight excluding hydrogens is 342 g/mol. The predicted molar refractivity (Wildman–Crippen MR) is 95.7 cm³/mol. The standard InChI is InChI=1S/C19H18ClNO4/c1-2-25-18(23)10-14(22)8-13-9-17(21)15(11-16(13)20)19(24)12-6-4-3-5-7-12/h3-7,9,11H,2,8,10,21H2,1H3. The summed E-state index contributed by atoms with van der Waals surface area (Å²) in [6, 6.07) is 11.7. The van der Waals surface area contributed by atoms with Gasteiger partial charge in [-0.05, 0) is 24.6 Å². The first kappa shape index (κ1) is 18.7. The minimum atomic E-state index is -0.576. The van der Waals surface area contributed by atoms with Gasteiger partial charge in [0.25, 0.3) is 0 Å². The molecule has 0 saturated heterocycles. The maximum absolute atomic E-state index is 12.5. The lowest BCUT2D eigenvalue weighted by molar-refractivity contribution is -0.145. The van der Waals surface area contributed by atoms with Gasteiger partial charge in [0.2, 0.25) is 0 Å². The Labute approximate surface area is 150 Å². The zero-order valence-electron chi connectivity index (χ0n) is 13.8. The van der Waals surface area contributed by atoms with Crippen molar-refractivity contribution in [2.45, 2.75) is 19.8 Å². The molecule has 0 radical (unpaired) electrons. The maximum atomic E-state index is 12.5. The lowest BCUT2D eigenvalue weighted by Crippen LogP contribution is -2.14. The molecule has 25 heavy (non-hydrogen) atoms. The van der Waals surface area contributed by atoms with E-state index >= 15 is 0 Å². The van der Waals surface area contributed by atoms with Crippen LogP contribution in [0.4, 0.5) is 5.69 Å². The van der Waals surface area contributed by atoms with Crippen molar-refractivity contribution < 1.29 is 19.1 Å². The molecule has 0 spiro atoms. The van der Waals surface area contributed by atoms with Crippen molar-refractivity contribution in [1.29, 1.82) is 0 Å². The Morgan fingerprint density at radius 3 is 2.44 bits per heavy atom. The molecule has 0 atom stereocenters. The van der Waals surface area contributed by atoms with Crippen LogP contribution in [-0.4, -0.2) is 24.1 Å². The minimum absolute atomic E-state index is 0.0539. The molecule has 0 aliphatic heterocycles. The van der Waals surface area contributed by atoms with Crippen molar-refractivity contribution in [3.8, 4) is 0 Å². The van der Waals surface area contributed by atoms with Crippen LogP contribution in [-0.2, 0) is 20.7 Å². The fourth-order valence-electron chi connectivity index (χ4n) is 2.36. The fourth-order valence-corrected chi connectivity index (χ4v) is 2.59. The number of hydrogen-bond donors (Lipinski definition) is 1. The van der Waals surface area contributed by atoms with E-state index in [1.807, 2.05) is 6.07 Å². The number of Topliss-reactive ketones (excluding diaryl/α,β-unsaturated/α-hetero) is 1. The number of nitrogens with two attached hydrogens (primary N) is 1. The summed E-state index contributed by atoms with van der Waals surface area (Å²) in [4.78, 5) is 35.8. The highest BCUT2D eigenvalue weighted by Crippen LogP contribution is 2.26. The summed E-state index contributed by atoms with van der Waals surface area (Å²) in [6.45, 7) is 1.89. The van der Waals surface area contributed by atoms with Gasteiger partial charge in [-0.25, -0.2) is 0 Å². The van der Waals surface area contributed by atoms with Crippen molar-refractivity contribution in [2.24, 2.45) is 0 Å². The van der Waals surface area contributed by atoms with Gasteiger partial charge in [-0.2, -0.15) is 0 Å². The topological polar surface area (TPSA) is 86.5 Å². The van der Waals surface area contributed by atoms with Crippen LogP contribution in [0.2, 0.25) is 5.02 Å². The number of esters is 1. The molecule has 130 valence electrons. The molecule has 0 aliphatic rings. The summed E-state index contributed by atoms with van der Waals surface area (Å²) in [7, 11) is 0. The van der Waals surface area contributed by atoms with E-state index < -0.39 is 5.97 Å². The number of rotatable bonds is 7. The largest absolute Gasteiger partial charge is 0.466 e. The monoisotopic (exact) mass is 359 g/mol. The van der Waals surface area contributed by atoms with Gasteiger partial charge in [-0.15, -0.1) is 0 Å². The lowest BCUT2D eigenvalue weighted by atomic mass is 9.98. The van der Waals surface area contributed by atoms with E-state index in [1.165, 1.54) is 12.1 Å². The van der Waals surface area contributed by atoms with Gasteiger partial charge in [0.05, 0.1) is 6.61 Å². The first-order valence-corrected chi connectivity index (χ1v) is 8.15. The molecule has 0 heterocycles. The highest BCUT2D eigenvalue weighted by atomic mass is 35.5. The average Bonchev–Trinajstić information content (AvgIpc) is 2.58. The Hall–Kier alpha value is -2.66. The number of carbonyl (C=O) groups excluding carboxylic acids is 3. The Bertz CT molecular complexity index is 803. The van der Waals surface area contributed by atoms with Gasteiger partial charge < -0.3 is 10.5 Å². The number of hydrogen-bond acceptors (Lipinski definition) is 5. The van der Waals surface area contributed by atoms with E-state index in [2.05, 4.69) is 0 Å². The number of carbonyl (C=O) groups is 3. The smallest absolute Gasteiger partial charge is 0.313 e. The van der Waals surface area contributed by atoms with Gasteiger partial charge in [0, 0.05) is 28.3 Å². The van der Waals surface area contributed by atoms with Crippen LogP contribution >= 0.6 is 11.6 Å². The first-order valence-electron chi connectivity index (χ1n) is 7.77. The van der Waals surface area contributed by atoms with E-state index in [0.717, 1.165) is 0 Å². The zero-order valence-corrected chi connectivity index (χ0v) is 14.5. The third-order valence-electron chi connectivity index (χ3n) is 3.53. The van der Waals surface area contributed by atoms with E-state index in [1.54, 1.807) is 31.2 Å². The molecule has 0 aromatic heterocycles. The molecule has 2 rings (SSSR count).